The summed E-state index contributed by atoms with van der Waals surface area (Å²) in [6, 6.07) is 18.0. The molecule has 0 saturated heterocycles. The molecule has 2 amide bonds. The molecule has 4 nitrogen and oxygen atoms in total. The van der Waals surface area contributed by atoms with E-state index in [0.29, 0.717) is 6.54 Å². The highest BCUT2D eigenvalue weighted by atomic mass is 16.5. The maximum absolute atomic E-state index is 12.3. The lowest BCUT2D eigenvalue weighted by atomic mass is 9.98. The molecule has 2 rings (SSSR count). The van der Waals surface area contributed by atoms with Crippen LogP contribution in [0.4, 0.5) is 4.79 Å². The predicted molar refractivity (Wildman–Crippen MR) is 102 cm³/mol. The number of aryl methyl sites for hydroxylation is 1. The molecule has 0 aliphatic heterocycles. The Balaban J connectivity index is 1.95. The number of nitrogens with one attached hydrogen (secondary N) is 2. The number of carbonyl (C=O) groups is 1. The summed E-state index contributed by atoms with van der Waals surface area (Å²) < 4.78 is 5.03. The first-order valence-electron chi connectivity index (χ1n) is 8.85. The van der Waals surface area contributed by atoms with Gasteiger partial charge in [0.1, 0.15) is 0 Å². The molecule has 0 spiro atoms. The first-order chi connectivity index (χ1) is 12.2. The van der Waals surface area contributed by atoms with Crippen molar-refractivity contribution in [2.45, 2.75) is 32.2 Å². The van der Waals surface area contributed by atoms with E-state index in [9.17, 15) is 4.79 Å². The van der Waals surface area contributed by atoms with Crippen molar-refractivity contribution in [3.05, 3.63) is 71.3 Å². The first kappa shape index (κ1) is 19.0. The van der Waals surface area contributed by atoms with Crippen molar-refractivity contribution in [2.75, 3.05) is 20.3 Å². The number of ether oxygens (including phenoxy) is 1. The fourth-order valence-electron chi connectivity index (χ4n) is 2.70. The van der Waals surface area contributed by atoms with E-state index in [4.69, 9.17) is 4.74 Å². The molecule has 0 saturated carbocycles. The van der Waals surface area contributed by atoms with Gasteiger partial charge in [-0.1, -0.05) is 60.2 Å². The van der Waals surface area contributed by atoms with Crippen molar-refractivity contribution < 1.29 is 9.53 Å². The highest BCUT2D eigenvalue weighted by Gasteiger charge is 2.16. The summed E-state index contributed by atoms with van der Waals surface area (Å²) in [4.78, 5) is 12.3. The summed E-state index contributed by atoms with van der Waals surface area (Å²) in [5.41, 5.74) is 3.35. The Labute approximate surface area is 150 Å². The van der Waals surface area contributed by atoms with Crippen LogP contribution < -0.4 is 10.6 Å². The number of carbonyl (C=O) groups excluding carboxylic acids is 1. The van der Waals surface area contributed by atoms with Gasteiger partial charge >= 0.3 is 6.03 Å². The third kappa shape index (κ3) is 6.59. The molecule has 0 aromatic heterocycles. The van der Waals surface area contributed by atoms with E-state index in [1.165, 1.54) is 5.56 Å². The molecule has 0 heterocycles. The van der Waals surface area contributed by atoms with Crippen LogP contribution in [0.15, 0.2) is 54.6 Å². The van der Waals surface area contributed by atoms with Crippen LogP contribution in [-0.2, 0) is 4.74 Å². The summed E-state index contributed by atoms with van der Waals surface area (Å²) in [5.74, 6) is 0. The van der Waals surface area contributed by atoms with Crippen LogP contribution in [-0.4, -0.2) is 26.3 Å². The molecule has 0 aliphatic rings. The van der Waals surface area contributed by atoms with E-state index in [-0.39, 0.29) is 12.1 Å². The summed E-state index contributed by atoms with van der Waals surface area (Å²) in [6.45, 7) is 3.51. The van der Waals surface area contributed by atoms with E-state index in [2.05, 4.69) is 41.8 Å². The molecule has 1 unspecified atom stereocenters. The van der Waals surface area contributed by atoms with E-state index >= 15 is 0 Å². The van der Waals surface area contributed by atoms with Crippen LogP contribution in [0.2, 0.25) is 0 Å². The zero-order valence-corrected chi connectivity index (χ0v) is 15.1. The number of benzene rings is 2. The highest BCUT2D eigenvalue weighted by molar-refractivity contribution is 5.75. The standard InChI is InChI=1S/C21H28N2O2/c1-17-11-13-19(14-12-17)20(18-9-5-3-6-10-18)23-21(24)22-15-7-4-8-16-25-2/h3,5-6,9-14,20H,4,7-8,15-16H2,1-2H3,(H2,22,23,24). The fourth-order valence-corrected chi connectivity index (χ4v) is 2.70. The molecule has 2 aromatic carbocycles. The minimum absolute atomic E-state index is 0.138. The molecular formula is C21H28N2O2. The molecule has 1 atom stereocenters. The quantitative estimate of drug-likeness (QED) is 0.672. The van der Waals surface area contributed by atoms with Gasteiger partial charge in [-0.05, 0) is 37.3 Å². The molecular weight excluding hydrogens is 312 g/mol. The Kier molecular flexibility index (Phi) is 7.99. The van der Waals surface area contributed by atoms with E-state index in [1.54, 1.807) is 7.11 Å². The summed E-state index contributed by atoms with van der Waals surface area (Å²) >= 11 is 0. The van der Waals surface area contributed by atoms with Crippen LogP contribution in [0.3, 0.4) is 0 Å². The number of methoxy groups -OCH3 is 1. The topological polar surface area (TPSA) is 50.4 Å². The molecule has 2 N–H and O–H groups in total. The lowest BCUT2D eigenvalue weighted by molar-refractivity contribution is 0.192. The van der Waals surface area contributed by atoms with Gasteiger partial charge < -0.3 is 15.4 Å². The predicted octanol–water partition coefficient (Wildman–Crippen LogP) is 4.20. The van der Waals surface area contributed by atoms with Crippen LogP contribution in [0, 0.1) is 6.92 Å². The number of urea groups is 1. The molecule has 0 fully saturated rings. The second-order valence-electron chi connectivity index (χ2n) is 6.21. The Morgan fingerprint density at radius 1 is 0.960 bits per heavy atom. The number of unbranched alkanes of at least 4 members (excludes halogenated alkanes) is 2. The van der Waals surface area contributed by atoms with Crippen molar-refractivity contribution in [1.29, 1.82) is 0 Å². The number of rotatable bonds is 9. The Morgan fingerprint density at radius 3 is 2.32 bits per heavy atom. The number of amides is 2. The fraction of sp³-hybridized carbons (Fsp3) is 0.381. The maximum Gasteiger partial charge on any atom is 0.315 e. The monoisotopic (exact) mass is 340 g/mol. The first-order valence-corrected chi connectivity index (χ1v) is 8.85. The van der Waals surface area contributed by atoms with Crippen LogP contribution in [0.1, 0.15) is 42.0 Å². The molecule has 4 heteroatoms. The van der Waals surface area contributed by atoms with Gasteiger partial charge in [-0.15, -0.1) is 0 Å². The van der Waals surface area contributed by atoms with Crippen LogP contribution in [0.5, 0.6) is 0 Å². The summed E-state index contributed by atoms with van der Waals surface area (Å²) in [6.07, 6.45) is 3.03. The van der Waals surface area contributed by atoms with Gasteiger partial charge in [-0.25, -0.2) is 4.79 Å². The van der Waals surface area contributed by atoms with E-state index in [1.807, 2.05) is 30.3 Å². The average molecular weight is 340 g/mol. The Morgan fingerprint density at radius 2 is 1.64 bits per heavy atom. The maximum atomic E-state index is 12.3. The zero-order chi connectivity index (χ0) is 17.9. The van der Waals surface area contributed by atoms with Crippen molar-refractivity contribution in [3.63, 3.8) is 0 Å². The SMILES string of the molecule is COCCCCCNC(=O)NC(c1ccccc1)c1ccc(C)cc1. The van der Waals surface area contributed by atoms with Gasteiger partial charge in [0.05, 0.1) is 6.04 Å². The van der Waals surface area contributed by atoms with Crippen LogP contribution >= 0.6 is 0 Å². The summed E-state index contributed by atoms with van der Waals surface area (Å²) in [5, 5.41) is 6.05. The van der Waals surface area contributed by atoms with Crippen molar-refractivity contribution in [1.82, 2.24) is 10.6 Å². The minimum Gasteiger partial charge on any atom is -0.385 e. The Bertz CT molecular complexity index is 626. The van der Waals surface area contributed by atoms with Crippen LogP contribution in [0.25, 0.3) is 0 Å². The minimum atomic E-state index is -0.157. The smallest absolute Gasteiger partial charge is 0.315 e. The lowest BCUT2D eigenvalue weighted by Gasteiger charge is -2.20. The molecule has 25 heavy (non-hydrogen) atoms. The second-order valence-corrected chi connectivity index (χ2v) is 6.21. The van der Waals surface area contributed by atoms with E-state index < -0.39 is 0 Å². The van der Waals surface area contributed by atoms with Gasteiger partial charge in [0.25, 0.3) is 0 Å². The largest absolute Gasteiger partial charge is 0.385 e. The van der Waals surface area contributed by atoms with E-state index in [0.717, 1.165) is 37.0 Å². The van der Waals surface area contributed by atoms with Crippen molar-refractivity contribution in [3.8, 4) is 0 Å². The third-order valence-electron chi connectivity index (χ3n) is 4.13. The molecule has 0 radical (unpaired) electrons. The zero-order valence-electron chi connectivity index (χ0n) is 15.1. The number of hydrogen-bond acceptors (Lipinski definition) is 2. The second kappa shape index (κ2) is 10.5. The van der Waals surface area contributed by atoms with Gasteiger partial charge in [0.2, 0.25) is 0 Å². The van der Waals surface area contributed by atoms with Crippen molar-refractivity contribution in [2.24, 2.45) is 0 Å². The lowest BCUT2D eigenvalue weighted by Crippen LogP contribution is -2.38. The number of hydrogen-bond donors (Lipinski definition) is 2. The average Bonchev–Trinajstić information content (AvgIpc) is 2.64. The normalized spacial score (nSPS) is 11.8. The van der Waals surface area contributed by atoms with Gasteiger partial charge in [-0.3, -0.25) is 0 Å². The molecule has 0 bridgehead atoms. The third-order valence-corrected chi connectivity index (χ3v) is 4.13. The Hall–Kier alpha value is -2.33. The van der Waals surface area contributed by atoms with Gasteiger partial charge in [-0.2, -0.15) is 0 Å². The van der Waals surface area contributed by atoms with Crippen molar-refractivity contribution >= 4 is 6.03 Å². The van der Waals surface area contributed by atoms with Gasteiger partial charge in [0, 0.05) is 20.3 Å². The molecule has 0 aliphatic carbocycles. The van der Waals surface area contributed by atoms with Gasteiger partial charge in [0.15, 0.2) is 0 Å². The highest BCUT2D eigenvalue weighted by Crippen LogP contribution is 2.22. The molecule has 134 valence electrons. The summed E-state index contributed by atoms with van der Waals surface area (Å²) in [7, 11) is 1.71. The molecule has 2 aromatic rings.